The number of hydrogen-bond acceptors (Lipinski definition) is 1. The van der Waals surface area contributed by atoms with Crippen LogP contribution in [-0.4, -0.2) is 10.6 Å². The fourth-order valence-corrected chi connectivity index (χ4v) is 3.53. The van der Waals surface area contributed by atoms with Crippen LogP contribution in [0.3, 0.4) is 0 Å². The minimum atomic E-state index is 0.560. The number of nitrogens with one attached hydrogen (secondary N) is 1. The summed E-state index contributed by atoms with van der Waals surface area (Å²) in [7, 11) is 0. The Morgan fingerprint density at radius 3 is 2.82 bits per heavy atom. The number of nitrogens with zero attached hydrogens (tertiary/aromatic N) is 1. The van der Waals surface area contributed by atoms with Crippen LogP contribution in [0.4, 0.5) is 0 Å². The molecule has 2 aromatic carbocycles. The topological polar surface area (TPSA) is 17.0 Å². The molecule has 2 heteroatoms. The summed E-state index contributed by atoms with van der Waals surface area (Å²) in [4.78, 5) is 0. The second-order valence-corrected chi connectivity index (χ2v) is 6.41. The highest BCUT2D eigenvalue weighted by Crippen LogP contribution is 2.26. The van der Waals surface area contributed by atoms with Gasteiger partial charge in [0.1, 0.15) is 0 Å². The van der Waals surface area contributed by atoms with Gasteiger partial charge in [-0.3, -0.25) is 0 Å². The number of fused-ring (bicyclic) bond motifs is 3. The maximum absolute atomic E-state index is 3.72. The molecule has 0 aliphatic carbocycles. The van der Waals surface area contributed by atoms with Crippen molar-refractivity contribution < 1.29 is 0 Å². The van der Waals surface area contributed by atoms with Gasteiger partial charge in [-0.05, 0) is 43.5 Å². The summed E-state index contributed by atoms with van der Waals surface area (Å²) >= 11 is 0. The van der Waals surface area contributed by atoms with Crippen LogP contribution in [0.5, 0.6) is 0 Å². The van der Waals surface area contributed by atoms with Gasteiger partial charge in [0.25, 0.3) is 0 Å². The molecule has 2 heterocycles. The van der Waals surface area contributed by atoms with E-state index in [0.717, 1.165) is 13.1 Å². The smallest absolute Gasteiger partial charge is 0.0483 e. The Labute approximate surface area is 131 Å². The molecule has 0 bridgehead atoms. The van der Waals surface area contributed by atoms with Crippen LogP contribution in [0.1, 0.15) is 23.2 Å². The van der Waals surface area contributed by atoms with E-state index in [2.05, 4.69) is 71.4 Å². The molecule has 0 amide bonds. The van der Waals surface area contributed by atoms with Crippen molar-refractivity contribution in [2.45, 2.75) is 38.9 Å². The second-order valence-electron chi connectivity index (χ2n) is 6.41. The fourth-order valence-electron chi connectivity index (χ4n) is 3.53. The molecule has 2 nitrogen and oxygen atoms in total. The van der Waals surface area contributed by atoms with Gasteiger partial charge in [0.05, 0.1) is 0 Å². The first kappa shape index (κ1) is 13.6. The zero-order chi connectivity index (χ0) is 14.9. The predicted molar refractivity (Wildman–Crippen MR) is 92.1 cm³/mol. The van der Waals surface area contributed by atoms with Gasteiger partial charge >= 0.3 is 0 Å². The molecule has 4 rings (SSSR count). The van der Waals surface area contributed by atoms with Crippen molar-refractivity contribution in [2.24, 2.45) is 0 Å². The van der Waals surface area contributed by atoms with Crippen molar-refractivity contribution in [3.05, 3.63) is 71.4 Å². The Morgan fingerprint density at radius 2 is 1.95 bits per heavy atom. The maximum Gasteiger partial charge on any atom is 0.0483 e. The van der Waals surface area contributed by atoms with Gasteiger partial charge in [-0.2, -0.15) is 0 Å². The van der Waals surface area contributed by atoms with Gasteiger partial charge in [-0.25, -0.2) is 0 Å². The van der Waals surface area contributed by atoms with E-state index < -0.39 is 0 Å². The first-order valence-corrected chi connectivity index (χ1v) is 8.16. The van der Waals surface area contributed by atoms with Crippen molar-refractivity contribution in [1.82, 2.24) is 9.88 Å². The monoisotopic (exact) mass is 290 g/mol. The summed E-state index contributed by atoms with van der Waals surface area (Å²) in [5.41, 5.74) is 5.57. The summed E-state index contributed by atoms with van der Waals surface area (Å²) in [6.45, 7) is 4.20. The lowest BCUT2D eigenvalue weighted by Gasteiger charge is -2.26. The van der Waals surface area contributed by atoms with Gasteiger partial charge in [-0.15, -0.1) is 0 Å². The van der Waals surface area contributed by atoms with Crippen LogP contribution in [0, 0.1) is 6.92 Å². The molecule has 0 spiro atoms. The molecular weight excluding hydrogens is 268 g/mol. The third-order valence-electron chi connectivity index (χ3n) is 4.73. The van der Waals surface area contributed by atoms with E-state index in [0.29, 0.717) is 6.04 Å². The lowest BCUT2D eigenvalue weighted by atomic mass is 10.0. The molecule has 0 fully saturated rings. The van der Waals surface area contributed by atoms with Crippen molar-refractivity contribution in [2.75, 3.05) is 0 Å². The molecule has 0 saturated carbocycles. The number of aryl methyl sites for hydroxylation is 2. The zero-order valence-electron chi connectivity index (χ0n) is 13.0. The molecule has 0 unspecified atom stereocenters. The van der Waals surface area contributed by atoms with E-state index in [9.17, 15) is 0 Å². The Morgan fingerprint density at radius 1 is 1.09 bits per heavy atom. The summed E-state index contributed by atoms with van der Waals surface area (Å²) < 4.78 is 2.50. The summed E-state index contributed by atoms with van der Waals surface area (Å²) in [5.74, 6) is 0. The average molecular weight is 290 g/mol. The molecule has 1 aliphatic rings. The van der Waals surface area contributed by atoms with Gasteiger partial charge in [0.15, 0.2) is 0 Å². The Balaban J connectivity index is 1.52. The van der Waals surface area contributed by atoms with Crippen LogP contribution < -0.4 is 5.32 Å². The predicted octanol–water partition coefficient (Wildman–Crippen LogP) is 4.05. The van der Waals surface area contributed by atoms with Gasteiger partial charge < -0.3 is 9.88 Å². The third kappa shape index (κ3) is 2.55. The Hall–Kier alpha value is -2.06. The molecule has 1 aliphatic heterocycles. The lowest BCUT2D eigenvalue weighted by Crippen LogP contribution is -2.36. The van der Waals surface area contributed by atoms with Crippen molar-refractivity contribution in [3.8, 4) is 0 Å². The van der Waals surface area contributed by atoms with Crippen molar-refractivity contribution >= 4 is 10.9 Å². The van der Waals surface area contributed by atoms with E-state index in [1.54, 1.807) is 0 Å². The van der Waals surface area contributed by atoms with Crippen LogP contribution in [-0.2, 0) is 19.5 Å². The van der Waals surface area contributed by atoms with E-state index in [4.69, 9.17) is 0 Å². The van der Waals surface area contributed by atoms with Gasteiger partial charge in [0, 0.05) is 35.7 Å². The highest BCUT2D eigenvalue weighted by atomic mass is 15.1. The summed E-state index contributed by atoms with van der Waals surface area (Å²) in [6.07, 6.45) is 2.39. The number of benzene rings is 2. The molecule has 1 aromatic heterocycles. The van der Waals surface area contributed by atoms with Crippen LogP contribution in [0.25, 0.3) is 10.9 Å². The highest BCUT2D eigenvalue weighted by molar-refractivity contribution is 5.82. The number of aromatic nitrogens is 1. The average Bonchev–Trinajstić information content (AvgIpc) is 2.90. The SMILES string of the molecule is Cc1ccc2c(c1)cc1n2C[C@@H](NCc2ccccc2)CC1. The Bertz CT molecular complexity index is 786. The van der Waals surface area contributed by atoms with E-state index in [1.807, 2.05) is 0 Å². The molecule has 22 heavy (non-hydrogen) atoms. The molecule has 1 atom stereocenters. The van der Waals surface area contributed by atoms with E-state index in [-0.39, 0.29) is 0 Å². The molecule has 0 radical (unpaired) electrons. The van der Waals surface area contributed by atoms with Crippen LogP contribution in [0.15, 0.2) is 54.6 Å². The molecule has 0 saturated heterocycles. The van der Waals surface area contributed by atoms with E-state index >= 15 is 0 Å². The van der Waals surface area contributed by atoms with Crippen molar-refractivity contribution in [3.63, 3.8) is 0 Å². The van der Waals surface area contributed by atoms with Gasteiger partial charge in [0.2, 0.25) is 0 Å². The first-order chi connectivity index (χ1) is 10.8. The Kier molecular flexibility index (Phi) is 3.47. The summed E-state index contributed by atoms with van der Waals surface area (Å²) in [5, 5.41) is 5.11. The van der Waals surface area contributed by atoms with Crippen LogP contribution >= 0.6 is 0 Å². The maximum atomic E-state index is 3.72. The third-order valence-corrected chi connectivity index (χ3v) is 4.73. The fraction of sp³-hybridized carbons (Fsp3) is 0.300. The molecule has 1 N–H and O–H groups in total. The molecular formula is C20H22N2. The number of hydrogen-bond donors (Lipinski definition) is 1. The second kappa shape index (κ2) is 5.62. The standard InChI is InChI=1S/C20H22N2/c1-15-7-10-20-17(11-15)12-19-9-8-18(14-22(19)20)21-13-16-5-3-2-4-6-16/h2-7,10-12,18,21H,8-9,13-14H2,1H3/t18-/m0/s1. The lowest BCUT2D eigenvalue weighted by molar-refractivity contribution is 0.389. The van der Waals surface area contributed by atoms with Crippen molar-refractivity contribution in [1.29, 1.82) is 0 Å². The largest absolute Gasteiger partial charge is 0.343 e. The van der Waals surface area contributed by atoms with Gasteiger partial charge in [-0.1, -0.05) is 42.0 Å². The first-order valence-electron chi connectivity index (χ1n) is 8.16. The zero-order valence-corrected chi connectivity index (χ0v) is 13.0. The summed E-state index contributed by atoms with van der Waals surface area (Å²) in [6, 6.07) is 20.4. The number of rotatable bonds is 3. The minimum absolute atomic E-state index is 0.560. The normalized spacial score (nSPS) is 17.6. The van der Waals surface area contributed by atoms with Crippen LogP contribution in [0.2, 0.25) is 0 Å². The highest BCUT2D eigenvalue weighted by Gasteiger charge is 2.20. The van der Waals surface area contributed by atoms with E-state index in [1.165, 1.54) is 40.6 Å². The minimum Gasteiger partial charge on any atom is -0.343 e. The molecule has 112 valence electrons. The molecule has 3 aromatic rings. The quantitative estimate of drug-likeness (QED) is 0.770.